The molecule has 0 atom stereocenters. The molecular formula is C12H15N3O2. The molecule has 2 rings (SSSR count). The van der Waals surface area contributed by atoms with E-state index in [1.807, 2.05) is 30.3 Å². The van der Waals surface area contributed by atoms with Crippen molar-refractivity contribution in [1.29, 1.82) is 0 Å². The highest BCUT2D eigenvalue weighted by atomic mass is 16.5. The fourth-order valence-electron chi connectivity index (χ4n) is 1.44. The van der Waals surface area contributed by atoms with Crippen molar-refractivity contribution >= 4 is 0 Å². The van der Waals surface area contributed by atoms with E-state index in [0.29, 0.717) is 25.5 Å². The molecule has 0 aliphatic heterocycles. The van der Waals surface area contributed by atoms with Crippen molar-refractivity contribution in [1.82, 2.24) is 15.0 Å². The van der Waals surface area contributed by atoms with Gasteiger partial charge in [0.05, 0.1) is 32.6 Å². The van der Waals surface area contributed by atoms with E-state index in [-0.39, 0.29) is 6.61 Å². The van der Waals surface area contributed by atoms with E-state index in [0.717, 1.165) is 5.56 Å². The van der Waals surface area contributed by atoms with Crippen LogP contribution in [-0.2, 0) is 24.5 Å². The highest BCUT2D eigenvalue weighted by Gasteiger charge is 1.98. The van der Waals surface area contributed by atoms with E-state index in [9.17, 15) is 0 Å². The summed E-state index contributed by atoms with van der Waals surface area (Å²) in [6.45, 7) is 1.73. The first-order valence-electron chi connectivity index (χ1n) is 5.50. The van der Waals surface area contributed by atoms with Crippen molar-refractivity contribution in [3.63, 3.8) is 0 Å². The molecule has 0 radical (unpaired) electrons. The fraction of sp³-hybridized carbons (Fsp3) is 0.333. The third-order valence-electron chi connectivity index (χ3n) is 2.32. The van der Waals surface area contributed by atoms with E-state index in [4.69, 9.17) is 9.84 Å². The molecule has 0 aliphatic rings. The van der Waals surface area contributed by atoms with Crippen molar-refractivity contribution in [3.05, 3.63) is 47.8 Å². The highest BCUT2D eigenvalue weighted by molar-refractivity contribution is 5.13. The van der Waals surface area contributed by atoms with Gasteiger partial charge in [-0.2, -0.15) is 0 Å². The highest BCUT2D eigenvalue weighted by Crippen LogP contribution is 2.00. The molecule has 0 saturated heterocycles. The van der Waals surface area contributed by atoms with Gasteiger partial charge in [0.2, 0.25) is 0 Å². The van der Waals surface area contributed by atoms with Gasteiger partial charge in [0.15, 0.2) is 0 Å². The number of benzene rings is 1. The lowest BCUT2D eigenvalue weighted by molar-refractivity contribution is 0.110. The maximum Gasteiger partial charge on any atom is 0.108 e. The molecule has 90 valence electrons. The van der Waals surface area contributed by atoms with Gasteiger partial charge in [-0.15, -0.1) is 5.10 Å². The van der Waals surface area contributed by atoms with Crippen LogP contribution in [0.5, 0.6) is 0 Å². The molecule has 1 aromatic carbocycles. The average molecular weight is 233 g/mol. The Kier molecular flexibility index (Phi) is 4.23. The van der Waals surface area contributed by atoms with Gasteiger partial charge < -0.3 is 9.84 Å². The van der Waals surface area contributed by atoms with Gasteiger partial charge in [0, 0.05) is 0 Å². The molecule has 0 bridgehead atoms. The van der Waals surface area contributed by atoms with Crippen LogP contribution in [-0.4, -0.2) is 26.7 Å². The lowest BCUT2D eigenvalue weighted by atomic mass is 10.2. The molecule has 2 aromatic rings. The van der Waals surface area contributed by atoms with Gasteiger partial charge >= 0.3 is 0 Å². The normalized spacial score (nSPS) is 10.6. The van der Waals surface area contributed by atoms with Gasteiger partial charge in [-0.3, -0.25) is 0 Å². The van der Waals surface area contributed by atoms with Crippen LogP contribution in [0.25, 0.3) is 0 Å². The van der Waals surface area contributed by atoms with E-state index in [1.54, 1.807) is 10.9 Å². The second-order valence-corrected chi connectivity index (χ2v) is 3.67. The van der Waals surface area contributed by atoms with Gasteiger partial charge in [-0.1, -0.05) is 35.5 Å². The Morgan fingerprint density at radius 1 is 1.24 bits per heavy atom. The van der Waals surface area contributed by atoms with Crippen LogP contribution in [0.15, 0.2) is 36.5 Å². The molecule has 17 heavy (non-hydrogen) atoms. The molecule has 0 fully saturated rings. The number of rotatable bonds is 6. The Morgan fingerprint density at radius 3 is 2.76 bits per heavy atom. The van der Waals surface area contributed by atoms with Gasteiger partial charge in [-0.25, -0.2) is 4.68 Å². The fourth-order valence-corrected chi connectivity index (χ4v) is 1.44. The first kappa shape index (κ1) is 11.8. The minimum atomic E-state index is -0.0785. The number of aromatic nitrogens is 3. The van der Waals surface area contributed by atoms with Crippen LogP contribution in [0.2, 0.25) is 0 Å². The molecule has 1 aromatic heterocycles. The smallest absolute Gasteiger partial charge is 0.108 e. The molecule has 0 aliphatic carbocycles. The van der Waals surface area contributed by atoms with E-state index < -0.39 is 0 Å². The SMILES string of the molecule is OCc1cn(CCOCc2ccccc2)nn1. The molecule has 0 amide bonds. The van der Waals surface area contributed by atoms with E-state index in [1.165, 1.54) is 0 Å². The first-order chi connectivity index (χ1) is 8.38. The van der Waals surface area contributed by atoms with Gasteiger partial charge in [-0.05, 0) is 5.56 Å². The van der Waals surface area contributed by atoms with Gasteiger partial charge in [0.1, 0.15) is 5.69 Å². The summed E-state index contributed by atoms with van der Waals surface area (Å²) in [5, 5.41) is 16.5. The maximum absolute atomic E-state index is 8.82. The van der Waals surface area contributed by atoms with Crippen LogP contribution < -0.4 is 0 Å². The molecule has 5 nitrogen and oxygen atoms in total. The van der Waals surface area contributed by atoms with E-state index >= 15 is 0 Å². The van der Waals surface area contributed by atoms with Gasteiger partial charge in [0.25, 0.3) is 0 Å². The van der Waals surface area contributed by atoms with E-state index in [2.05, 4.69) is 10.3 Å². The summed E-state index contributed by atoms with van der Waals surface area (Å²) < 4.78 is 7.18. The Labute approximate surface area is 99.7 Å². The monoisotopic (exact) mass is 233 g/mol. The largest absolute Gasteiger partial charge is 0.390 e. The Morgan fingerprint density at radius 2 is 2.06 bits per heavy atom. The minimum absolute atomic E-state index is 0.0785. The zero-order valence-corrected chi connectivity index (χ0v) is 9.49. The Bertz CT molecular complexity index is 442. The Balaban J connectivity index is 1.69. The van der Waals surface area contributed by atoms with Crippen molar-refractivity contribution in [2.24, 2.45) is 0 Å². The number of ether oxygens (including phenoxy) is 1. The summed E-state index contributed by atoms with van der Waals surface area (Å²) in [5.74, 6) is 0. The van der Waals surface area contributed by atoms with Crippen molar-refractivity contribution in [2.75, 3.05) is 6.61 Å². The predicted octanol–water partition coefficient (Wildman–Crippen LogP) is 0.987. The third kappa shape index (κ3) is 3.65. The molecule has 1 heterocycles. The minimum Gasteiger partial charge on any atom is -0.390 e. The summed E-state index contributed by atoms with van der Waals surface area (Å²) in [6, 6.07) is 10.0. The number of aliphatic hydroxyl groups is 1. The average Bonchev–Trinajstić information content (AvgIpc) is 2.84. The van der Waals surface area contributed by atoms with Crippen LogP contribution in [0, 0.1) is 0 Å². The molecule has 1 N–H and O–H groups in total. The number of hydrogen-bond donors (Lipinski definition) is 1. The summed E-state index contributed by atoms with van der Waals surface area (Å²) in [5.41, 5.74) is 1.73. The maximum atomic E-state index is 8.82. The second-order valence-electron chi connectivity index (χ2n) is 3.67. The third-order valence-corrected chi connectivity index (χ3v) is 2.32. The lowest BCUT2D eigenvalue weighted by Crippen LogP contribution is -2.06. The van der Waals surface area contributed by atoms with Crippen LogP contribution in [0.4, 0.5) is 0 Å². The Hall–Kier alpha value is -1.72. The number of hydrogen-bond acceptors (Lipinski definition) is 4. The molecule has 0 saturated carbocycles. The lowest BCUT2D eigenvalue weighted by Gasteiger charge is -2.03. The summed E-state index contributed by atoms with van der Waals surface area (Å²) in [7, 11) is 0. The predicted molar refractivity (Wildman–Crippen MR) is 62.0 cm³/mol. The summed E-state index contributed by atoms with van der Waals surface area (Å²) in [4.78, 5) is 0. The second kappa shape index (κ2) is 6.12. The zero-order valence-electron chi connectivity index (χ0n) is 9.49. The van der Waals surface area contributed by atoms with Crippen LogP contribution in [0.1, 0.15) is 11.3 Å². The quantitative estimate of drug-likeness (QED) is 0.756. The molecule has 5 heteroatoms. The van der Waals surface area contributed by atoms with Crippen LogP contribution in [0.3, 0.4) is 0 Å². The zero-order chi connectivity index (χ0) is 11.9. The topological polar surface area (TPSA) is 60.2 Å². The van der Waals surface area contributed by atoms with Crippen molar-refractivity contribution < 1.29 is 9.84 Å². The molecule has 0 unspecified atom stereocenters. The number of aliphatic hydroxyl groups excluding tert-OH is 1. The molecular weight excluding hydrogens is 218 g/mol. The van der Waals surface area contributed by atoms with Crippen LogP contribution >= 0.6 is 0 Å². The standard InChI is InChI=1S/C12H15N3O2/c16-9-12-8-15(14-13-12)6-7-17-10-11-4-2-1-3-5-11/h1-5,8,16H,6-7,9-10H2. The summed E-state index contributed by atoms with van der Waals surface area (Å²) >= 11 is 0. The number of nitrogens with zero attached hydrogens (tertiary/aromatic N) is 3. The van der Waals surface area contributed by atoms with Crippen molar-refractivity contribution in [2.45, 2.75) is 19.8 Å². The first-order valence-corrected chi connectivity index (χ1v) is 5.50. The van der Waals surface area contributed by atoms with Crippen molar-refractivity contribution in [3.8, 4) is 0 Å². The molecule has 0 spiro atoms. The summed E-state index contributed by atoms with van der Waals surface area (Å²) in [6.07, 6.45) is 1.71.